The van der Waals surface area contributed by atoms with Crippen LogP contribution in [0.3, 0.4) is 0 Å². The van der Waals surface area contributed by atoms with Crippen molar-refractivity contribution in [3.05, 3.63) is 173 Å². The molecule has 19 N–H and O–H groups in total. The molecule has 29 nitrogen and oxygen atoms in total. The molecule has 8 rings (SSSR count). The van der Waals surface area contributed by atoms with E-state index in [-0.39, 0.29) is 88.5 Å². The number of hydrogen-bond donors (Lipinski definition) is 17. The lowest BCUT2D eigenvalue weighted by molar-refractivity contribution is -0.143. The lowest BCUT2D eigenvalue weighted by Crippen LogP contribution is -2.61. The molecule has 104 heavy (non-hydrogen) atoms. The molecule has 3 heterocycles. The number of H-pyrrole nitrogens is 2. The maximum absolute atomic E-state index is 15.0. The third-order valence-corrected chi connectivity index (χ3v) is 18.0. The molecular formula is C74H91ClN16O13. The lowest BCUT2D eigenvalue weighted by Gasteiger charge is -2.31. The standard InChI is InChI=1S/C74H91ClN16O13/c1-41(2)32-57(66(97)84-56(20-12-30-79-74(77)78)73(104)91-31-13-21-63(91)72(103)82-42(3)64(95)90-70(101)60(83-43(4)93)36-47-38-80-54-18-10-8-16-51(47)54)86-67(98)58(34-44-14-6-5-7-15-44)87-68(99)59(35-46-24-28-50(94)29-25-46)88-71(102)62(40-92)89-69(100)61(37-48-39-81-55-19-11-9-17-52(48)55)85-65(96)53(76)33-45-22-26-49(75)27-23-45/h5-11,14-19,22-29,38-39,41-42,53,56-63,80-81,92,94H,12-13,20-21,30-37,40,76H2,1-4H3,(H,82,103)(H,83,93)(H,84,97)(H,85,96)(H,86,98)(H,87,99)(H,88,102)(H,89,100)(H4,77,78,79)(H,90,95,101). The smallest absolute Gasteiger partial charge is 0.249 e. The Morgan fingerprint density at radius 3 is 1.59 bits per heavy atom. The fourth-order valence-corrected chi connectivity index (χ4v) is 12.5. The number of phenols is 1. The average molecular weight is 1450 g/mol. The second-order valence-electron chi connectivity index (χ2n) is 26.3. The number of aromatic amines is 2. The van der Waals surface area contributed by atoms with Gasteiger partial charge in [0, 0.05) is 84.9 Å². The van der Waals surface area contributed by atoms with Crippen LogP contribution < -0.4 is 64.6 Å². The molecule has 11 amide bonds. The van der Waals surface area contributed by atoms with E-state index in [4.69, 9.17) is 28.5 Å². The summed E-state index contributed by atoms with van der Waals surface area (Å²) in [6, 6.07) is 22.0. The van der Waals surface area contributed by atoms with E-state index in [9.17, 15) is 63.0 Å². The van der Waals surface area contributed by atoms with Gasteiger partial charge in [0.25, 0.3) is 0 Å². The quantitative estimate of drug-likeness (QED) is 0.0153. The number of aromatic nitrogens is 2. The van der Waals surface area contributed by atoms with E-state index in [0.717, 1.165) is 21.8 Å². The van der Waals surface area contributed by atoms with Crippen LogP contribution in [-0.2, 0) is 84.8 Å². The number of para-hydroxylation sites is 2. The van der Waals surface area contributed by atoms with E-state index < -0.39 is 132 Å². The Morgan fingerprint density at radius 1 is 0.558 bits per heavy atom. The van der Waals surface area contributed by atoms with Crippen molar-refractivity contribution in [3.63, 3.8) is 0 Å². The zero-order valence-corrected chi connectivity index (χ0v) is 58.9. The Labute approximate surface area is 605 Å². The Balaban J connectivity index is 0.977. The molecule has 5 aromatic carbocycles. The first-order valence-corrected chi connectivity index (χ1v) is 34.8. The number of carbonyl (C=O) groups is 11. The summed E-state index contributed by atoms with van der Waals surface area (Å²) in [5.41, 5.74) is 16.5. The van der Waals surface area contributed by atoms with Gasteiger partial charge in [-0.1, -0.05) is 116 Å². The first-order valence-electron chi connectivity index (χ1n) is 34.4. The fraction of sp³-hybridized carbons (Fsp3) is 0.378. The molecule has 1 saturated heterocycles. The van der Waals surface area contributed by atoms with Crippen LogP contribution in [-0.4, -0.2) is 176 Å². The monoisotopic (exact) mass is 1450 g/mol. The summed E-state index contributed by atoms with van der Waals surface area (Å²) in [4.78, 5) is 164. The van der Waals surface area contributed by atoms with Crippen molar-refractivity contribution in [1.29, 1.82) is 5.41 Å². The van der Waals surface area contributed by atoms with Gasteiger partial charge in [0.2, 0.25) is 65.0 Å². The van der Waals surface area contributed by atoms with Gasteiger partial charge in [0.1, 0.15) is 60.1 Å². The molecule has 1 aliphatic heterocycles. The van der Waals surface area contributed by atoms with E-state index in [0.29, 0.717) is 39.3 Å². The molecule has 0 saturated carbocycles. The Morgan fingerprint density at radius 2 is 1.03 bits per heavy atom. The SMILES string of the molecule is CC(=O)NC(Cc1c[nH]c2ccccc12)C(=O)NC(=O)C(C)NC(=O)C1CCCN1C(=O)C(CCCNC(=N)N)NC(=O)C(CC(C)C)NC(=O)C(Cc1ccccc1)NC(=O)C(Cc1ccc(O)cc1)NC(=O)C(CO)NC(=O)C(Cc1c[nH]c2ccccc12)NC(=O)C(N)Cc1ccc(Cl)cc1. The van der Waals surface area contributed by atoms with Crippen molar-refractivity contribution in [3.8, 4) is 5.75 Å². The van der Waals surface area contributed by atoms with Gasteiger partial charge in [-0.25, -0.2) is 0 Å². The number of nitrogens with two attached hydrogens (primary N) is 2. The van der Waals surface area contributed by atoms with Crippen LogP contribution in [0.1, 0.15) is 87.6 Å². The number of aromatic hydroxyl groups is 1. The maximum Gasteiger partial charge on any atom is 0.249 e. The van der Waals surface area contributed by atoms with Crippen LogP contribution in [0.2, 0.25) is 5.02 Å². The van der Waals surface area contributed by atoms with E-state index in [2.05, 4.69) is 63.1 Å². The fourth-order valence-electron chi connectivity index (χ4n) is 12.3. The van der Waals surface area contributed by atoms with E-state index in [1.54, 1.807) is 86.9 Å². The number of fused-ring (bicyclic) bond motifs is 2. The molecule has 0 bridgehead atoms. The number of hydrogen-bond acceptors (Lipinski definition) is 15. The second-order valence-corrected chi connectivity index (χ2v) is 26.7. The van der Waals surface area contributed by atoms with Crippen LogP contribution in [0.5, 0.6) is 5.75 Å². The van der Waals surface area contributed by atoms with Crippen LogP contribution in [0.15, 0.2) is 140 Å². The number of benzene rings is 5. The van der Waals surface area contributed by atoms with Gasteiger partial charge in [-0.2, -0.15) is 0 Å². The highest BCUT2D eigenvalue weighted by Gasteiger charge is 2.41. The lowest BCUT2D eigenvalue weighted by atomic mass is 9.99. The predicted molar refractivity (Wildman–Crippen MR) is 389 cm³/mol. The maximum atomic E-state index is 15.0. The number of rotatable bonds is 35. The number of imide groups is 1. The number of nitrogens with zero attached hydrogens (tertiary/aromatic N) is 1. The van der Waals surface area contributed by atoms with Gasteiger partial charge < -0.3 is 84.4 Å². The number of nitrogens with one attached hydrogen (secondary N) is 13. The first-order chi connectivity index (χ1) is 49.7. The summed E-state index contributed by atoms with van der Waals surface area (Å²) in [5, 5.41) is 57.2. The third-order valence-electron chi connectivity index (χ3n) is 17.7. The Bertz CT molecular complexity index is 4190. The number of likely N-dealkylation sites (tertiary alicyclic amines) is 1. The molecular weight excluding hydrogens is 1360 g/mol. The molecule has 552 valence electrons. The number of halogens is 1. The number of phenolic OH excluding ortho intramolecular Hbond substituents is 1. The summed E-state index contributed by atoms with van der Waals surface area (Å²) >= 11 is 6.08. The topological polar surface area (TPSA) is 459 Å². The van der Waals surface area contributed by atoms with Crippen molar-refractivity contribution >= 4 is 104 Å². The minimum absolute atomic E-state index is 0.00149. The van der Waals surface area contributed by atoms with Gasteiger partial charge in [-0.05, 0) is 116 Å². The molecule has 1 fully saturated rings. The second kappa shape index (κ2) is 37.7. The predicted octanol–water partition coefficient (Wildman–Crippen LogP) is 1.70. The van der Waals surface area contributed by atoms with E-state index in [1.165, 1.54) is 43.0 Å². The van der Waals surface area contributed by atoms with Gasteiger partial charge in [0.05, 0.1) is 12.6 Å². The molecule has 30 heteroatoms. The van der Waals surface area contributed by atoms with E-state index >= 15 is 0 Å². The Hall–Kier alpha value is -11.2. The molecule has 10 atom stereocenters. The minimum Gasteiger partial charge on any atom is -0.508 e. The van der Waals surface area contributed by atoms with Crippen LogP contribution >= 0.6 is 11.6 Å². The third kappa shape index (κ3) is 22.7. The highest BCUT2D eigenvalue weighted by molar-refractivity contribution is 6.30. The van der Waals surface area contributed by atoms with Crippen LogP contribution in [0.4, 0.5) is 0 Å². The first kappa shape index (κ1) is 78.5. The number of aliphatic hydroxyl groups is 1. The van der Waals surface area contributed by atoms with Crippen LogP contribution in [0, 0.1) is 11.3 Å². The molecule has 10 unspecified atom stereocenters. The van der Waals surface area contributed by atoms with Crippen molar-refractivity contribution < 1.29 is 63.0 Å². The molecule has 0 radical (unpaired) electrons. The van der Waals surface area contributed by atoms with Gasteiger partial charge >= 0.3 is 0 Å². The summed E-state index contributed by atoms with van der Waals surface area (Å²) in [6.45, 7) is 5.34. The highest BCUT2D eigenvalue weighted by atomic mass is 35.5. The van der Waals surface area contributed by atoms with Gasteiger partial charge in [-0.15, -0.1) is 0 Å². The van der Waals surface area contributed by atoms with E-state index in [1.807, 2.05) is 42.5 Å². The number of carbonyl (C=O) groups excluding carboxylic acids is 11. The van der Waals surface area contributed by atoms with Crippen molar-refractivity contribution in [2.45, 2.75) is 152 Å². The summed E-state index contributed by atoms with van der Waals surface area (Å²) in [5.74, 6) is -9.63. The minimum atomic E-state index is -1.74. The number of amides is 11. The molecule has 7 aromatic rings. The zero-order chi connectivity index (χ0) is 75.1. The summed E-state index contributed by atoms with van der Waals surface area (Å²) < 4.78 is 0. The molecule has 0 aliphatic carbocycles. The van der Waals surface area contributed by atoms with Gasteiger partial charge in [0.15, 0.2) is 5.96 Å². The van der Waals surface area contributed by atoms with Crippen LogP contribution in [0.25, 0.3) is 21.8 Å². The van der Waals surface area contributed by atoms with Gasteiger partial charge in [-0.3, -0.25) is 63.5 Å². The molecule has 1 aliphatic rings. The number of guanidine groups is 1. The van der Waals surface area contributed by atoms with Crippen molar-refractivity contribution in [2.24, 2.45) is 17.4 Å². The Kier molecular flexibility index (Phi) is 28.4. The number of aliphatic hydroxyl groups excluding tert-OH is 1. The average Bonchev–Trinajstić information content (AvgIpc) is 1.65. The molecule has 2 aromatic heterocycles. The largest absolute Gasteiger partial charge is 0.508 e. The highest BCUT2D eigenvalue weighted by Crippen LogP contribution is 2.24. The molecule has 0 spiro atoms. The van der Waals surface area contributed by atoms with Crippen molar-refractivity contribution in [2.75, 3.05) is 19.7 Å². The zero-order valence-electron chi connectivity index (χ0n) is 58.2. The summed E-state index contributed by atoms with van der Waals surface area (Å²) in [7, 11) is 0. The summed E-state index contributed by atoms with van der Waals surface area (Å²) in [6.07, 6.45) is 3.56. The van der Waals surface area contributed by atoms with Crippen molar-refractivity contribution in [1.82, 2.24) is 68.0 Å². The normalized spacial score (nSPS) is 15.3.